The van der Waals surface area contributed by atoms with Crippen molar-refractivity contribution >= 4 is 35.8 Å². The SMILES string of the molecule is CN=C(NCC(=O)NC1CCCCC1)N1CCCC1.I. The van der Waals surface area contributed by atoms with E-state index < -0.39 is 0 Å². The molecule has 0 bridgehead atoms. The van der Waals surface area contributed by atoms with Gasteiger partial charge in [-0.25, -0.2) is 0 Å². The highest BCUT2D eigenvalue weighted by Crippen LogP contribution is 2.17. The molecule has 2 aliphatic rings. The van der Waals surface area contributed by atoms with Crippen LogP contribution in [0.15, 0.2) is 4.99 Å². The van der Waals surface area contributed by atoms with Crippen LogP contribution in [-0.4, -0.2) is 49.5 Å². The van der Waals surface area contributed by atoms with Crippen LogP contribution in [0.5, 0.6) is 0 Å². The van der Waals surface area contributed by atoms with Gasteiger partial charge in [-0.15, -0.1) is 24.0 Å². The first-order valence-electron chi connectivity index (χ1n) is 7.54. The number of guanidine groups is 1. The number of halogens is 1. The van der Waals surface area contributed by atoms with Crippen LogP contribution in [0.4, 0.5) is 0 Å². The van der Waals surface area contributed by atoms with E-state index in [2.05, 4.69) is 20.5 Å². The minimum Gasteiger partial charge on any atom is -0.352 e. The number of carbonyl (C=O) groups is 1. The molecule has 1 amide bonds. The third kappa shape index (κ3) is 5.46. The summed E-state index contributed by atoms with van der Waals surface area (Å²) in [7, 11) is 1.78. The van der Waals surface area contributed by atoms with E-state index in [1.54, 1.807) is 7.05 Å². The van der Waals surface area contributed by atoms with Crippen molar-refractivity contribution in [2.45, 2.75) is 51.0 Å². The topological polar surface area (TPSA) is 56.7 Å². The van der Waals surface area contributed by atoms with Crippen molar-refractivity contribution in [2.24, 2.45) is 4.99 Å². The smallest absolute Gasteiger partial charge is 0.239 e. The van der Waals surface area contributed by atoms with Crippen LogP contribution in [0.1, 0.15) is 44.9 Å². The number of aliphatic imine (C=N–C) groups is 1. The Hall–Kier alpha value is -0.530. The standard InChI is InChI=1S/C14H26N4O.HI/c1-15-14(18-9-5-6-10-18)16-11-13(19)17-12-7-3-2-4-8-12;/h12H,2-11H2,1H3,(H,15,16)(H,17,19);1H. The van der Waals surface area contributed by atoms with Crippen LogP contribution in [0.2, 0.25) is 0 Å². The van der Waals surface area contributed by atoms with Crippen molar-refractivity contribution in [2.75, 3.05) is 26.7 Å². The van der Waals surface area contributed by atoms with Gasteiger partial charge in [0.15, 0.2) is 5.96 Å². The molecular formula is C14H27IN4O. The summed E-state index contributed by atoms with van der Waals surface area (Å²) in [5.74, 6) is 0.948. The maximum absolute atomic E-state index is 11.9. The molecule has 0 aromatic rings. The van der Waals surface area contributed by atoms with Gasteiger partial charge in [0.25, 0.3) is 0 Å². The normalized spacial score (nSPS) is 20.4. The Morgan fingerprint density at radius 2 is 1.80 bits per heavy atom. The Labute approximate surface area is 139 Å². The van der Waals surface area contributed by atoms with Gasteiger partial charge >= 0.3 is 0 Å². The lowest BCUT2D eigenvalue weighted by molar-refractivity contribution is -0.120. The van der Waals surface area contributed by atoms with Gasteiger partial charge in [0.05, 0.1) is 6.54 Å². The Balaban J connectivity index is 0.00000200. The lowest BCUT2D eigenvalue weighted by atomic mass is 9.95. The Morgan fingerprint density at radius 1 is 1.15 bits per heavy atom. The lowest BCUT2D eigenvalue weighted by Gasteiger charge is -2.24. The number of nitrogens with zero attached hydrogens (tertiary/aromatic N) is 2. The second-order valence-electron chi connectivity index (χ2n) is 5.50. The van der Waals surface area contributed by atoms with Crippen LogP contribution in [0.25, 0.3) is 0 Å². The van der Waals surface area contributed by atoms with Crippen molar-refractivity contribution in [3.05, 3.63) is 0 Å². The third-order valence-corrected chi connectivity index (χ3v) is 3.99. The summed E-state index contributed by atoms with van der Waals surface area (Å²) < 4.78 is 0. The second kappa shape index (κ2) is 9.41. The first kappa shape index (κ1) is 17.5. The average Bonchev–Trinajstić information content (AvgIpc) is 2.95. The van der Waals surface area contributed by atoms with Crippen molar-refractivity contribution in [1.29, 1.82) is 0 Å². The number of nitrogens with one attached hydrogen (secondary N) is 2. The molecule has 2 N–H and O–H groups in total. The zero-order chi connectivity index (χ0) is 13.5. The molecule has 0 aromatic carbocycles. The Bertz CT molecular complexity index is 323. The van der Waals surface area contributed by atoms with Crippen molar-refractivity contribution in [3.8, 4) is 0 Å². The molecule has 1 aliphatic heterocycles. The largest absolute Gasteiger partial charge is 0.352 e. The van der Waals surface area contributed by atoms with E-state index in [-0.39, 0.29) is 29.9 Å². The van der Waals surface area contributed by atoms with E-state index in [1.165, 1.54) is 32.1 Å². The Kier molecular flexibility index (Phi) is 8.25. The average molecular weight is 394 g/mol. The van der Waals surface area contributed by atoms with Gasteiger partial charge in [0, 0.05) is 26.2 Å². The fourth-order valence-electron chi connectivity index (χ4n) is 2.95. The number of hydrogen-bond donors (Lipinski definition) is 2. The van der Waals surface area contributed by atoms with Gasteiger partial charge in [-0.05, 0) is 25.7 Å². The second-order valence-corrected chi connectivity index (χ2v) is 5.50. The molecule has 116 valence electrons. The minimum atomic E-state index is 0. The van der Waals surface area contributed by atoms with E-state index in [0.717, 1.165) is 31.9 Å². The zero-order valence-electron chi connectivity index (χ0n) is 12.4. The van der Waals surface area contributed by atoms with Crippen LogP contribution >= 0.6 is 24.0 Å². The summed E-state index contributed by atoms with van der Waals surface area (Å²) in [6.45, 7) is 2.42. The molecule has 1 saturated heterocycles. The highest BCUT2D eigenvalue weighted by Gasteiger charge is 2.18. The van der Waals surface area contributed by atoms with E-state index in [9.17, 15) is 4.79 Å². The fraction of sp³-hybridized carbons (Fsp3) is 0.857. The predicted molar refractivity (Wildman–Crippen MR) is 92.6 cm³/mol. The molecule has 0 spiro atoms. The maximum atomic E-state index is 11.9. The lowest BCUT2D eigenvalue weighted by Crippen LogP contribution is -2.46. The van der Waals surface area contributed by atoms with Crippen molar-refractivity contribution < 1.29 is 4.79 Å². The van der Waals surface area contributed by atoms with Gasteiger partial charge in [-0.2, -0.15) is 0 Å². The van der Waals surface area contributed by atoms with Gasteiger partial charge < -0.3 is 15.5 Å². The van der Waals surface area contributed by atoms with E-state index in [4.69, 9.17) is 0 Å². The molecule has 1 heterocycles. The number of amides is 1. The van der Waals surface area contributed by atoms with Crippen LogP contribution in [0, 0.1) is 0 Å². The third-order valence-electron chi connectivity index (χ3n) is 3.99. The fourth-order valence-corrected chi connectivity index (χ4v) is 2.95. The van der Waals surface area contributed by atoms with Gasteiger partial charge in [-0.1, -0.05) is 19.3 Å². The molecule has 5 nitrogen and oxygen atoms in total. The quantitative estimate of drug-likeness (QED) is 0.436. The van der Waals surface area contributed by atoms with Crippen molar-refractivity contribution in [3.63, 3.8) is 0 Å². The summed E-state index contributed by atoms with van der Waals surface area (Å²) in [5, 5.41) is 6.28. The summed E-state index contributed by atoms with van der Waals surface area (Å²) in [6.07, 6.45) is 8.50. The number of hydrogen-bond acceptors (Lipinski definition) is 2. The molecule has 0 radical (unpaired) electrons. The number of likely N-dealkylation sites (tertiary alicyclic amines) is 1. The number of carbonyl (C=O) groups excluding carboxylic acids is 1. The molecular weight excluding hydrogens is 367 g/mol. The minimum absolute atomic E-state index is 0. The Morgan fingerprint density at radius 3 is 2.40 bits per heavy atom. The predicted octanol–water partition coefficient (Wildman–Crippen LogP) is 1.72. The van der Waals surface area contributed by atoms with E-state index >= 15 is 0 Å². The molecule has 1 aliphatic carbocycles. The van der Waals surface area contributed by atoms with Crippen LogP contribution < -0.4 is 10.6 Å². The highest BCUT2D eigenvalue weighted by molar-refractivity contribution is 14.0. The molecule has 6 heteroatoms. The van der Waals surface area contributed by atoms with E-state index in [1.807, 2.05) is 0 Å². The first-order chi connectivity index (χ1) is 9.29. The summed E-state index contributed by atoms with van der Waals surface area (Å²) in [6, 6.07) is 0.386. The summed E-state index contributed by atoms with van der Waals surface area (Å²) >= 11 is 0. The molecule has 0 atom stereocenters. The monoisotopic (exact) mass is 394 g/mol. The maximum Gasteiger partial charge on any atom is 0.239 e. The van der Waals surface area contributed by atoms with Crippen LogP contribution in [-0.2, 0) is 4.79 Å². The molecule has 2 rings (SSSR count). The van der Waals surface area contributed by atoms with Crippen LogP contribution in [0.3, 0.4) is 0 Å². The molecule has 20 heavy (non-hydrogen) atoms. The summed E-state index contributed by atoms with van der Waals surface area (Å²) in [5.41, 5.74) is 0. The highest BCUT2D eigenvalue weighted by atomic mass is 127. The summed E-state index contributed by atoms with van der Waals surface area (Å²) in [4.78, 5) is 18.4. The van der Waals surface area contributed by atoms with Gasteiger partial charge in [-0.3, -0.25) is 9.79 Å². The van der Waals surface area contributed by atoms with Gasteiger partial charge in [0.2, 0.25) is 5.91 Å². The zero-order valence-corrected chi connectivity index (χ0v) is 14.7. The number of rotatable bonds is 3. The van der Waals surface area contributed by atoms with Crippen molar-refractivity contribution in [1.82, 2.24) is 15.5 Å². The molecule has 0 aromatic heterocycles. The molecule has 1 saturated carbocycles. The van der Waals surface area contributed by atoms with Gasteiger partial charge in [0.1, 0.15) is 0 Å². The molecule has 0 unspecified atom stereocenters. The van der Waals surface area contributed by atoms with E-state index in [0.29, 0.717) is 12.6 Å². The molecule has 2 fully saturated rings. The first-order valence-corrected chi connectivity index (χ1v) is 7.54.